The number of ether oxygens (including phenoxy) is 1. The fraction of sp³-hybridized carbons (Fsp3) is 0.400. The van der Waals surface area contributed by atoms with Crippen molar-refractivity contribution in [2.24, 2.45) is 11.8 Å². The van der Waals surface area contributed by atoms with Crippen LogP contribution in [0, 0.1) is 11.8 Å². The number of rotatable bonds is 4. The highest BCUT2D eigenvalue weighted by atomic mass is 79.9. The van der Waals surface area contributed by atoms with E-state index in [2.05, 4.69) is 52.3 Å². The molecule has 1 aromatic carbocycles. The number of carbonyl (C=O) groups is 1. The molecule has 1 unspecified atom stereocenters. The zero-order chi connectivity index (χ0) is 18.7. The van der Waals surface area contributed by atoms with E-state index in [1.807, 2.05) is 36.4 Å². The number of carbonyl (C=O) groups excluding carboxylic acids is 1. The molecule has 1 amide bonds. The van der Waals surface area contributed by atoms with Gasteiger partial charge in [0, 0.05) is 22.6 Å². The van der Waals surface area contributed by atoms with Crippen LogP contribution < -0.4 is 10.6 Å². The Morgan fingerprint density at radius 1 is 1.35 bits per heavy atom. The Kier molecular flexibility index (Phi) is 5.81. The number of benzene rings is 1. The molecule has 0 bridgehead atoms. The largest absolute Gasteiger partial charge is 0.445 e. The molecule has 3 rings (SSSR count). The Labute approximate surface area is 162 Å². The van der Waals surface area contributed by atoms with E-state index in [1.165, 1.54) is 0 Å². The number of hydrogen-bond acceptors (Lipinski definition) is 4. The summed E-state index contributed by atoms with van der Waals surface area (Å²) in [5.74, 6) is 0.599. The molecule has 1 aliphatic heterocycles. The molecule has 5 nitrogen and oxygen atoms in total. The zero-order valence-electron chi connectivity index (χ0n) is 15.2. The number of hydrogen-bond donors (Lipinski definition) is 2. The minimum absolute atomic E-state index is 0.181. The van der Waals surface area contributed by atoms with E-state index in [9.17, 15) is 4.79 Å². The number of aromatic nitrogens is 1. The maximum absolute atomic E-state index is 12.4. The van der Waals surface area contributed by atoms with Gasteiger partial charge in [0.25, 0.3) is 0 Å². The van der Waals surface area contributed by atoms with Crippen LogP contribution in [0.25, 0.3) is 0 Å². The average Bonchev–Trinajstić information content (AvgIpc) is 2.62. The topological polar surface area (TPSA) is 63.2 Å². The summed E-state index contributed by atoms with van der Waals surface area (Å²) in [6.45, 7) is 6.73. The lowest BCUT2D eigenvalue weighted by molar-refractivity contribution is 0.129. The SMILES string of the molecule is CC(C)[C@@H]1Nc2cc(Br)cnc2C(NC(=O)OCc2ccccc2)[C@H]1C. The lowest BCUT2D eigenvalue weighted by atomic mass is 9.81. The molecule has 1 aromatic heterocycles. The summed E-state index contributed by atoms with van der Waals surface area (Å²) in [6, 6.07) is 11.7. The van der Waals surface area contributed by atoms with Crippen molar-refractivity contribution in [1.82, 2.24) is 10.3 Å². The van der Waals surface area contributed by atoms with Crippen molar-refractivity contribution in [3.05, 3.63) is 58.3 Å². The fourth-order valence-corrected chi connectivity index (χ4v) is 3.78. The summed E-state index contributed by atoms with van der Waals surface area (Å²) in [4.78, 5) is 16.9. The second-order valence-corrected chi connectivity index (χ2v) is 7.96. The Bertz CT molecular complexity index is 767. The van der Waals surface area contributed by atoms with Gasteiger partial charge in [-0.3, -0.25) is 4.98 Å². The number of pyridine rings is 1. The van der Waals surface area contributed by atoms with Crippen molar-refractivity contribution in [2.75, 3.05) is 5.32 Å². The first-order chi connectivity index (χ1) is 12.5. The predicted octanol–water partition coefficient (Wildman–Crippen LogP) is 4.90. The third-order valence-corrected chi connectivity index (χ3v) is 5.23. The minimum atomic E-state index is -0.425. The number of halogens is 1. The van der Waals surface area contributed by atoms with Gasteiger partial charge in [-0.2, -0.15) is 0 Å². The van der Waals surface area contributed by atoms with Gasteiger partial charge >= 0.3 is 6.09 Å². The van der Waals surface area contributed by atoms with Crippen molar-refractivity contribution in [3.63, 3.8) is 0 Å². The Morgan fingerprint density at radius 2 is 2.08 bits per heavy atom. The molecule has 2 N–H and O–H groups in total. The van der Waals surface area contributed by atoms with Crippen molar-refractivity contribution >= 4 is 27.7 Å². The van der Waals surface area contributed by atoms with E-state index >= 15 is 0 Å². The van der Waals surface area contributed by atoms with Crippen LogP contribution >= 0.6 is 15.9 Å². The summed E-state index contributed by atoms with van der Waals surface area (Å²) < 4.78 is 6.31. The molecule has 0 fully saturated rings. The van der Waals surface area contributed by atoms with E-state index < -0.39 is 6.09 Å². The normalized spacial score (nSPS) is 21.7. The van der Waals surface area contributed by atoms with E-state index in [0.29, 0.717) is 5.92 Å². The van der Waals surface area contributed by atoms with E-state index in [4.69, 9.17) is 4.74 Å². The van der Waals surface area contributed by atoms with Gasteiger partial charge in [0.2, 0.25) is 0 Å². The molecule has 2 aromatic rings. The van der Waals surface area contributed by atoms with Crippen LogP contribution in [0.1, 0.15) is 38.1 Å². The van der Waals surface area contributed by atoms with Crippen LogP contribution in [0.15, 0.2) is 47.1 Å². The molecule has 0 saturated carbocycles. The molecule has 0 aliphatic carbocycles. The molecule has 138 valence electrons. The summed E-state index contributed by atoms with van der Waals surface area (Å²) in [6.07, 6.45) is 1.33. The maximum Gasteiger partial charge on any atom is 0.408 e. The van der Waals surface area contributed by atoms with Crippen LogP contribution in [0.5, 0.6) is 0 Å². The van der Waals surface area contributed by atoms with Crippen molar-refractivity contribution in [3.8, 4) is 0 Å². The molecule has 0 saturated heterocycles. The van der Waals surface area contributed by atoms with Gasteiger partial charge in [0.1, 0.15) is 6.61 Å². The van der Waals surface area contributed by atoms with E-state index in [1.54, 1.807) is 6.20 Å². The molecular formula is C20H24BrN3O2. The first-order valence-corrected chi connectivity index (χ1v) is 9.64. The highest BCUT2D eigenvalue weighted by Crippen LogP contribution is 2.38. The second kappa shape index (κ2) is 8.08. The third-order valence-electron chi connectivity index (χ3n) is 4.80. The van der Waals surface area contributed by atoms with Gasteiger partial charge in [-0.15, -0.1) is 0 Å². The van der Waals surface area contributed by atoms with Gasteiger partial charge < -0.3 is 15.4 Å². The monoisotopic (exact) mass is 417 g/mol. The van der Waals surface area contributed by atoms with Crippen LogP contribution in [-0.4, -0.2) is 17.1 Å². The molecule has 2 heterocycles. The number of fused-ring (bicyclic) bond motifs is 1. The Hall–Kier alpha value is -2.08. The predicted molar refractivity (Wildman–Crippen MR) is 106 cm³/mol. The lowest BCUT2D eigenvalue weighted by Gasteiger charge is -2.40. The Morgan fingerprint density at radius 3 is 2.77 bits per heavy atom. The number of anilines is 1. The smallest absolute Gasteiger partial charge is 0.408 e. The number of alkyl carbamates (subject to hydrolysis) is 1. The quantitative estimate of drug-likeness (QED) is 0.742. The number of nitrogens with zero attached hydrogens (tertiary/aromatic N) is 1. The standard InChI is InChI=1S/C20H24BrN3O2/c1-12(2)17-13(3)18(19-16(23-17)9-15(21)10-22-19)24-20(25)26-11-14-7-5-4-6-8-14/h4-10,12-13,17-18,23H,11H2,1-3H3,(H,24,25)/t13-,17-,18?/m0/s1. The molecule has 3 atom stereocenters. The van der Waals surface area contributed by atoms with Gasteiger partial charge in [-0.1, -0.05) is 51.1 Å². The summed E-state index contributed by atoms with van der Waals surface area (Å²) in [5.41, 5.74) is 2.75. The lowest BCUT2D eigenvalue weighted by Crippen LogP contribution is -2.46. The van der Waals surface area contributed by atoms with Crippen molar-refractivity contribution in [1.29, 1.82) is 0 Å². The van der Waals surface area contributed by atoms with Crippen molar-refractivity contribution in [2.45, 2.75) is 39.5 Å². The second-order valence-electron chi connectivity index (χ2n) is 7.04. The van der Waals surface area contributed by atoms with Gasteiger partial charge in [-0.25, -0.2) is 4.79 Å². The fourth-order valence-electron chi connectivity index (χ4n) is 3.45. The highest BCUT2D eigenvalue weighted by molar-refractivity contribution is 9.10. The van der Waals surface area contributed by atoms with Gasteiger partial charge in [0.05, 0.1) is 17.4 Å². The van der Waals surface area contributed by atoms with Crippen molar-refractivity contribution < 1.29 is 9.53 Å². The van der Waals surface area contributed by atoms with Crippen LogP contribution in [-0.2, 0) is 11.3 Å². The molecule has 26 heavy (non-hydrogen) atoms. The maximum atomic E-state index is 12.4. The minimum Gasteiger partial charge on any atom is -0.445 e. The van der Waals surface area contributed by atoms with Gasteiger partial charge in [0.15, 0.2) is 0 Å². The molecule has 6 heteroatoms. The zero-order valence-corrected chi connectivity index (χ0v) is 16.8. The molecule has 0 spiro atoms. The number of amides is 1. The van der Waals surface area contributed by atoms with Gasteiger partial charge in [-0.05, 0) is 33.5 Å². The first-order valence-electron chi connectivity index (χ1n) is 8.85. The molecular weight excluding hydrogens is 394 g/mol. The summed E-state index contributed by atoms with van der Waals surface area (Å²) >= 11 is 3.47. The third kappa shape index (κ3) is 4.18. The van der Waals surface area contributed by atoms with Crippen LogP contribution in [0.4, 0.5) is 10.5 Å². The molecule has 0 radical (unpaired) electrons. The van der Waals surface area contributed by atoms with E-state index in [-0.39, 0.29) is 24.6 Å². The average molecular weight is 418 g/mol. The Balaban J connectivity index is 1.75. The summed E-state index contributed by atoms with van der Waals surface area (Å²) in [7, 11) is 0. The van der Waals surface area contributed by atoms with Crippen LogP contribution in [0.2, 0.25) is 0 Å². The molecule has 1 aliphatic rings. The van der Waals surface area contributed by atoms with Crippen LogP contribution in [0.3, 0.4) is 0 Å². The number of nitrogens with one attached hydrogen (secondary N) is 2. The first kappa shape index (κ1) is 18.7. The van der Waals surface area contributed by atoms with E-state index in [0.717, 1.165) is 21.4 Å². The summed E-state index contributed by atoms with van der Waals surface area (Å²) in [5, 5.41) is 6.58. The highest BCUT2D eigenvalue weighted by Gasteiger charge is 2.37.